The molecule has 4 heterocycles. The van der Waals surface area contributed by atoms with Crippen LogP contribution < -0.4 is 20.7 Å². The second-order valence-electron chi connectivity index (χ2n) is 5.88. The van der Waals surface area contributed by atoms with Crippen LogP contribution in [-0.4, -0.2) is 45.7 Å². The molecule has 1 aliphatic rings. The highest BCUT2D eigenvalue weighted by Crippen LogP contribution is 2.33. The van der Waals surface area contributed by atoms with Crippen molar-refractivity contribution in [2.45, 2.75) is 6.18 Å². The van der Waals surface area contributed by atoms with Crippen LogP contribution in [0.25, 0.3) is 5.65 Å². The van der Waals surface area contributed by atoms with Crippen molar-refractivity contribution >= 4 is 29.0 Å². The first kappa shape index (κ1) is 17.8. The fourth-order valence-electron chi connectivity index (χ4n) is 2.72. The van der Waals surface area contributed by atoms with E-state index >= 15 is 0 Å². The lowest BCUT2D eigenvalue weighted by atomic mass is 10.2. The van der Waals surface area contributed by atoms with Crippen LogP contribution >= 0.6 is 0 Å². The van der Waals surface area contributed by atoms with Gasteiger partial charge in [0.15, 0.2) is 5.65 Å². The van der Waals surface area contributed by atoms with Gasteiger partial charge in [0.05, 0.1) is 18.3 Å². The topological polar surface area (TPSA) is 105 Å². The minimum Gasteiger partial charge on any atom is -0.476 e. The van der Waals surface area contributed by atoms with Crippen molar-refractivity contribution in [3.63, 3.8) is 0 Å². The Bertz CT molecular complexity index is 1060. The number of halogens is 3. The third kappa shape index (κ3) is 3.23. The summed E-state index contributed by atoms with van der Waals surface area (Å²) in [6.07, 6.45) is -3.21. The lowest BCUT2D eigenvalue weighted by Gasteiger charge is -2.13. The molecule has 146 valence electrons. The number of hydrogen-bond donors (Lipinski definition) is 3. The molecule has 28 heavy (non-hydrogen) atoms. The van der Waals surface area contributed by atoms with Gasteiger partial charge in [-0.2, -0.15) is 27.8 Å². The fraction of sp³-hybridized carbons (Fsp3) is 0.250. The largest absolute Gasteiger partial charge is 0.476 e. The van der Waals surface area contributed by atoms with E-state index in [0.717, 1.165) is 12.1 Å². The lowest BCUT2D eigenvalue weighted by Crippen LogP contribution is -2.28. The summed E-state index contributed by atoms with van der Waals surface area (Å²) in [5.41, 5.74) is -0.465. The number of pyridine rings is 1. The van der Waals surface area contributed by atoms with E-state index in [4.69, 9.17) is 4.74 Å². The SMILES string of the molecule is CNc1cc2nc3c(cnn13)C(=O)NCCOc1cc(C(F)(F)F)cc(n1)N2. The summed E-state index contributed by atoms with van der Waals surface area (Å²) in [5.74, 6) is -0.0828. The molecule has 12 heteroatoms. The van der Waals surface area contributed by atoms with Gasteiger partial charge in [-0.1, -0.05) is 0 Å². The number of amides is 1. The highest BCUT2D eigenvalue weighted by atomic mass is 19.4. The normalized spacial score (nSPS) is 14.4. The molecule has 9 nitrogen and oxygen atoms in total. The number of nitrogens with one attached hydrogen (secondary N) is 3. The minimum atomic E-state index is -4.58. The summed E-state index contributed by atoms with van der Waals surface area (Å²) in [6, 6.07) is 3.19. The third-order valence-electron chi connectivity index (χ3n) is 4.00. The predicted octanol–water partition coefficient (Wildman–Crippen LogP) is 2.05. The molecule has 4 bridgehead atoms. The summed E-state index contributed by atoms with van der Waals surface area (Å²) in [5, 5.41) is 12.4. The van der Waals surface area contributed by atoms with E-state index in [-0.39, 0.29) is 41.9 Å². The second kappa shape index (κ2) is 6.55. The number of rotatable bonds is 1. The highest BCUT2D eigenvalue weighted by Gasteiger charge is 2.32. The maximum absolute atomic E-state index is 13.2. The van der Waals surface area contributed by atoms with Crippen molar-refractivity contribution in [1.82, 2.24) is 24.9 Å². The van der Waals surface area contributed by atoms with Crippen molar-refractivity contribution in [3.05, 3.63) is 35.5 Å². The minimum absolute atomic E-state index is 0.0588. The molecule has 0 aromatic carbocycles. The van der Waals surface area contributed by atoms with Crippen molar-refractivity contribution in [2.75, 3.05) is 30.8 Å². The predicted molar refractivity (Wildman–Crippen MR) is 92.9 cm³/mol. The van der Waals surface area contributed by atoms with Gasteiger partial charge >= 0.3 is 6.18 Å². The molecule has 0 spiro atoms. The van der Waals surface area contributed by atoms with Gasteiger partial charge in [0.1, 0.15) is 29.6 Å². The van der Waals surface area contributed by atoms with Crippen LogP contribution in [0.15, 0.2) is 24.4 Å². The van der Waals surface area contributed by atoms with E-state index in [1.165, 1.54) is 16.8 Å². The number of fused-ring (bicyclic) bond motifs is 3. The Morgan fingerprint density at radius 2 is 2.00 bits per heavy atom. The molecule has 0 radical (unpaired) electrons. The standard InChI is InChI=1S/C16H14F3N7O2/c1-20-12-6-11-23-10-4-8(16(17,18)19)5-13(24-10)28-3-2-21-15(27)9-7-22-26(12)14(9)25-11/h4-7,20H,2-3H2,1H3,(H,21,27)(H,23,24,25). The monoisotopic (exact) mass is 393 g/mol. The summed E-state index contributed by atoms with van der Waals surface area (Å²) in [6.45, 7) is 0.00608. The van der Waals surface area contributed by atoms with Crippen molar-refractivity contribution < 1.29 is 22.7 Å². The van der Waals surface area contributed by atoms with Gasteiger partial charge in [0.2, 0.25) is 5.88 Å². The zero-order chi connectivity index (χ0) is 19.9. The first-order valence-electron chi connectivity index (χ1n) is 8.19. The molecular formula is C16H14F3N7O2. The smallest absolute Gasteiger partial charge is 0.416 e. The average molecular weight is 393 g/mol. The molecule has 4 rings (SSSR count). The maximum atomic E-state index is 13.2. The second-order valence-corrected chi connectivity index (χ2v) is 5.88. The number of ether oxygens (including phenoxy) is 1. The summed E-state index contributed by atoms with van der Waals surface area (Å²) < 4.78 is 46.3. The van der Waals surface area contributed by atoms with Crippen molar-refractivity contribution in [3.8, 4) is 5.88 Å². The van der Waals surface area contributed by atoms with Crippen LogP contribution in [0.3, 0.4) is 0 Å². The van der Waals surface area contributed by atoms with E-state index in [1.54, 1.807) is 7.05 Å². The molecule has 1 aliphatic heterocycles. The van der Waals surface area contributed by atoms with Crippen molar-refractivity contribution in [2.24, 2.45) is 0 Å². The highest BCUT2D eigenvalue weighted by molar-refractivity contribution is 6.00. The molecule has 0 aliphatic carbocycles. The van der Waals surface area contributed by atoms with Crippen LogP contribution in [0.4, 0.5) is 30.6 Å². The van der Waals surface area contributed by atoms with Gasteiger partial charge in [-0.15, -0.1) is 0 Å². The zero-order valence-electron chi connectivity index (χ0n) is 14.5. The van der Waals surface area contributed by atoms with Crippen LogP contribution in [0.5, 0.6) is 5.88 Å². The molecule has 1 amide bonds. The summed E-state index contributed by atoms with van der Waals surface area (Å²) in [7, 11) is 1.64. The molecule has 3 aromatic rings. The van der Waals surface area contributed by atoms with Crippen LogP contribution in [0.1, 0.15) is 15.9 Å². The van der Waals surface area contributed by atoms with Crippen LogP contribution in [0, 0.1) is 0 Å². The maximum Gasteiger partial charge on any atom is 0.416 e. The van der Waals surface area contributed by atoms with E-state index in [1.807, 2.05) is 0 Å². The van der Waals surface area contributed by atoms with E-state index in [9.17, 15) is 18.0 Å². The Kier molecular flexibility index (Phi) is 4.17. The molecule has 0 unspecified atom stereocenters. The third-order valence-corrected chi connectivity index (χ3v) is 4.00. The van der Waals surface area contributed by atoms with E-state index in [0.29, 0.717) is 5.82 Å². The molecule has 0 saturated heterocycles. The van der Waals surface area contributed by atoms with Gasteiger partial charge in [0.25, 0.3) is 5.91 Å². The lowest BCUT2D eigenvalue weighted by molar-refractivity contribution is -0.137. The average Bonchev–Trinajstić information content (AvgIpc) is 3.07. The number of alkyl halides is 3. The Hall–Kier alpha value is -3.57. The van der Waals surface area contributed by atoms with Crippen LogP contribution in [0.2, 0.25) is 0 Å². The van der Waals surface area contributed by atoms with E-state index < -0.39 is 17.6 Å². The van der Waals surface area contributed by atoms with Gasteiger partial charge in [-0.3, -0.25) is 4.79 Å². The number of anilines is 3. The fourth-order valence-corrected chi connectivity index (χ4v) is 2.72. The van der Waals surface area contributed by atoms with Crippen LogP contribution in [-0.2, 0) is 6.18 Å². The zero-order valence-corrected chi connectivity index (χ0v) is 14.5. The Balaban J connectivity index is 1.88. The first-order chi connectivity index (χ1) is 13.3. The number of nitrogens with zero attached hydrogens (tertiary/aromatic N) is 4. The quantitative estimate of drug-likeness (QED) is 0.581. The van der Waals surface area contributed by atoms with Gasteiger partial charge in [-0.25, -0.2) is 4.98 Å². The molecule has 0 atom stereocenters. The molecular weight excluding hydrogens is 379 g/mol. The molecule has 3 N–H and O–H groups in total. The van der Waals surface area contributed by atoms with E-state index in [2.05, 4.69) is 31.0 Å². The molecule has 0 saturated carbocycles. The van der Waals surface area contributed by atoms with Gasteiger partial charge < -0.3 is 20.7 Å². The first-order valence-corrected chi connectivity index (χ1v) is 8.19. The summed E-state index contributed by atoms with van der Waals surface area (Å²) >= 11 is 0. The number of hydrogen-bond acceptors (Lipinski definition) is 7. The van der Waals surface area contributed by atoms with Gasteiger partial charge in [0, 0.05) is 19.2 Å². The van der Waals surface area contributed by atoms with Crippen molar-refractivity contribution in [1.29, 1.82) is 0 Å². The Morgan fingerprint density at radius 3 is 2.75 bits per heavy atom. The molecule has 3 aromatic heterocycles. The number of carbonyl (C=O) groups is 1. The molecule has 0 fully saturated rings. The van der Waals surface area contributed by atoms with Gasteiger partial charge in [-0.05, 0) is 6.07 Å². The number of carbonyl (C=O) groups excluding carboxylic acids is 1. The number of aromatic nitrogens is 4. The summed E-state index contributed by atoms with van der Waals surface area (Å²) in [4.78, 5) is 20.8. The Labute approximate surface area is 155 Å². The Morgan fingerprint density at radius 1 is 1.21 bits per heavy atom.